The third-order valence-electron chi connectivity index (χ3n) is 2.94. The van der Waals surface area contributed by atoms with Gasteiger partial charge in [-0.25, -0.2) is 0 Å². The van der Waals surface area contributed by atoms with Crippen molar-refractivity contribution in [3.63, 3.8) is 0 Å². The highest BCUT2D eigenvalue weighted by atomic mass is 32.2. The van der Waals surface area contributed by atoms with E-state index < -0.39 is 15.7 Å². The molecule has 20 heavy (non-hydrogen) atoms. The summed E-state index contributed by atoms with van der Waals surface area (Å²) in [6.45, 7) is 5.68. The Labute approximate surface area is 121 Å². The van der Waals surface area contributed by atoms with Crippen LogP contribution in [0.3, 0.4) is 0 Å². The molecule has 7 heteroatoms. The zero-order valence-electron chi connectivity index (χ0n) is 12.6. The van der Waals surface area contributed by atoms with Crippen molar-refractivity contribution < 1.29 is 22.1 Å². The Morgan fingerprint density at radius 1 is 1.20 bits per heavy atom. The van der Waals surface area contributed by atoms with Crippen LogP contribution in [0.4, 0.5) is 0 Å². The first-order chi connectivity index (χ1) is 9.05. The second-order valence-corrected chi connectivity index (χ2v) is 7.84. The standard InChI is InChI=1S/C13H25NO5S/c1-13(2,3)18-12(15)9-14-10-5-7-11(8-6-10)19-20(4,16)17/h10-11,14H,5-9H2,1-4H3. The molecule has 1 aliphatic rings. The minimum atomic E-state index is -3.38. The molecular formula is C13H25NO5S. The van der Waals surface area contributed by atoms with E-state index in [1.54, 1.807) is 0 Å². The lowest BCUT2D eigenvalue weighted by molar-refractivity contribution is -0.153. The van der Waals surface area contributed by atoms with E-state index in [1.165, 1.54) is 0 Å². The summed E-state index contributed by atoms with van der Waals surface area (Å²) in [7, 11) is -3.38. The highest BCUT2D eigenvalue weighted by molar-refractivity contribution is 7.86. The second kappa shape index (κ2) is 6.87. The molecule has 1 saturated carbocycles. The smallest absolute Gasteiger partial charge is 0.320 e. The third-order valence-corrected chi connectivity index (χ3v) is 3.56. The molecule has 0 heterocycles. The largest absolute Gasteiger partial charge is 0.459 e. The Kier molecular flexibility index (Phi) is 5.97. The molecule has 0 aromatic heterocycles. The van der Waals surface area contributed by atoms with Crippen LogP contribution in [-0.4, -0.2) is 44.9 Å². The number of esters is 1. The van der Waals surface area contributed by atoms with Gasteiger partial charge in [0, 0.05) is 6.04 Å². The number of rotatable bonds is 5. The van der Waals surface area contributed by atoms with Crippen LogP contribution in [0, 0.1) is 0 Å². The summed E-state index contributed by atoms with van der Waals surface area (Å²) in [6, 6.07) is 0.210. The Morgan fingerprint density at radius 3 is 2.20 bits per heavy atom. The minimum Gasteiger partial charge on any atom is -0.459 e. The lowest BCUT2D eigenvalue weighted by atomic mass is 9.93. The predicted molar refractivity (Wildman–Crippen MR) is 75.8 cm³/mol. The molecule has 1 fully saturated rings. The van der Waals surface area contributed by atoms with Crippen molar-refractivity contribution in [3.8, 4) is 0 Å². The van der Waals surface area contributed by atoms with E-state index in [0.717, 1.165) is 19.1 Å². The van der Waals surface area contributed by atoms with Crippen molar-refractivity contribution in [3.05, 3.63) is 0 Å². The number of nitrogens with one attached hydrogen (secondary N) is 1. The van der Waals surface area contributed by atoms with Crippen molar-refractivity contribution in [1.82, 2.24) is 5.32 Å². The van der Waals surface area contributed by atoms with Crippen molar-refractivity contribution in [2.45, 2.75) is 64.2 Å². The van der Waals surface area contributed by atoms with E-state index >= 15 is 0 Å². The Hall–Kier alpha value is -0.660. The normalized spacial score (nSPS) is 24.4. The Balaban J connectivity index is 2.24. The first-order valence-corrected chi connectivity index (χ1v) is 8.70. The molecule has 1 N–H and O–H groups in total. The Morgan fingerprint density at radius 2 is 1.75 bits per heavy atom. The van der Waals surface area contributed by atoms with E-state index in [0.29, 0.717) is 12.8 Å². The maximum Gasteiger partial charge on any atom is 0.320 e. The van der Waals surface area contributed by atoms with Crippen LogP contribution in [0.1, 0.15) is 46.5 Å². The highest BCUT2D eigenvalue weighted by Gasteiger charge is 2.25. The van der Waals surface area contributed by atoms with Crippen LogP contribution in [0.2, 0.25) is 0 Å². The summed E-state index contributed by atoms with van der Waals surface area (Å²) in [5, 5.41) is 3.15. The minimum absolute atomic E-state index is 0.180. The van der Waals surface area contributed by atoms with Crippen LogP contribution >= 0.6 is 0 Å². The van der Waals surface area contributed by atoms with Crippen molar-refractivity contribution in [2.75, 3.05) is 12.8 Å². The molecule has 118 valence electrons. The number of carbonyl (C=O) groups is 1. The number of carbonyl (C=O) groups excluding carboxylic acids is 1. The van der Waals surface area contributed by atoms with Crippen molar-refractivity contribution in [1.29, 1.82) is 0 Å². The monoisotopic (exact) mass is 307 g/mol. The van der Waals surface area contributed by atoms with E-state index in [1.807, 2.05) is 20.8 Å². The summed E-state index contributed by atoms with van der Waals surface area (Å²) in [6.07, 6.45) is 3.79. The van der Waals surface area contributed by atoms with Gasteiger partial charge in [-0.2, -0.15) is 8.42 Å². The molecular weight excluding hydrogens is 282 g/mol. The van der Waals surface area contributed by atoms with Crippen molar-refractivity contribution in [2.24, 2.45) is 0 Å². The molecule has 1 rings (SSSR count). The van der Waals surface area contributed by atoms with Gasteiger partial charge < -0.3 is 10.1 Å². The van der Waals surface area contributed by atoms with Gasteiger partial charge in [-0.1, -0.05) is 0 Å². The molecule has 0 saturated heterocycles. The van der Waals surface area contributed by atoms with E-state index in [4.69, 9.17) is 8.92 Å². The average Bonchev–Trinajstić information content (AvgIpc) is 2.23. The van der Waals surface area contributed by atoms with Crippen LogP contribution in [0.25, 0.3) is 0 Å². The van der Waals surface area contributed by atoms with E-state index in [-0.39, 0.29) is 24.7 Å². The van der Waals surface area contributed by atoms with Gasteiger partial charge in [0.25, 0.3) is 10.1 Å². The van der Waals surface area contributed by atoms with Crippen LogP contribution in [0.15, 0.2) is 0 Å². The van der Waals surface area contributed by atoms with Gasteiger partial charge in [0.15, 0.2) is 0 Å². The molecule has 0 aromatic rings. The lowest BCUT2D eigenvalue weighted by Crippen LogP contribution is -2.40. The maximum atomic E-state index is 11.6. The van der Waals surface area contributed by atoms with E-state index in [9.17, 15) is 13.2 Å². The molecule has 0 radical (unpaired) electrons. The zero-order chi connectivity index (χ0) is 15.4. The summed E-state index contributed by atoms with van der Waals surface area (Å²) >= 11 is 0. The van der Waals surface area contributed by atoms with Gasteiger partial charge in [-0.15, -0.1) is 0 Å². The fraction of sp³-hybridized carbons (Fsp3) is 0.923. The highest BCUT2D eigenvalue weighted by Crippen LogP contribution is 2.22. The Bertz CT molecular complexity index is 419. The lowest BCUT2D eigenvalue weighted by Gasteiger charge is -2.28. The van der Waals surface area contributed by atoms with Gasteiger partial charge in [-0.05, 0) is 46.5 Å². The number of ether oxygens (including phenoxy) is 1. The average molecular weight is 307 g/mol. The quantitative estimate of drug-likeness (QED) is 0.607. The SMILES string of the molecule is CC(C)(C)OC(=O)CNC1CCC(OS(C)(=O)=O)CC1. The summed E-state index contributed by atoms with van der Waals surface area (Å²) in [4.78, 5) is 11.6. The van der Waals surface area contributed by atoms with Gasteiger partial charge in [0.2, 0.25) is 0 Å². The van der Waals surface area contributed by atoms with Gasteiger partial charge >= 0.3 is 5.97 Å². The molecule has 0 aliphatic heterocycles. The molecule has 0 spiro atoms. The molecule has 1 aliphatic carbocycles. The van der Waals surface area contributed by atoms with Gasteiger partial charge in [0.1, 0.15) is 5.60 Å². The number of hydrogen-bond acceptors (Lipinski definition) is 6. The van der Waals surface area contributed by atoms with E-state index in [2.05, 4.69) is 5.32 Å². The zero-order valence-corrected chi connectivity index (χ0v) is 13.5. The summed E-state index contributed by atoms with van der Waals surface area (Å²) in [5.74, 6) is -0.271. The summed E-state index contributed by atoms with van der Waals surface area (Å²) in [5.41, 5.74) is -0.472. The first kappa shape index (κ1) is 17.4. The van der Waals surface area contributed by atoms with Crippen LogP contribution in [0.5, 0.6) is 0 Å². The third kappa shape index (κ3) is 7.81. The van der Waals surface area contributed by atoms with Crippen LogP contribution in [-0.2, 0) is 23.8 Å². The molecule has 0 amide bonds. The fourth-order valence-electron chi connectivity index (χ4n) is 2.22. The molecule has 0 atom stereocenters. The van der Waals surface area contributed by atoms with Gasteiger partial charge in [-0.3, -0.25) is 8.98 Å². The second-order valence-electron chi connectivity index (χ2n) is 6.24. The molecule has 0 aromatic carbocycles. The fourth-order valence-corrected chi connectivity index (χ4v) is 2.90. The van der Waals surface area contributed by atoms with Crippen molar-refractivity contribution >= 4 is 16.1 Å². The summed E-state index contributed by atoms with van der Waals surface area (Å²) < 4.78 is 32.2. The number of hydrogen-bond donors (Lipinski definition) is 1. The van der Waals surface area contributed by atoms with Crippen LogP contribution < -0.4 is 5.32 Å². The molecule has 6 nitrogen and oxygen atoms in total. The van der Waals surface area contributed by atoms with Gasteiger partial charge in [0.05, 0.1) is 18.9 Å². The topological polar surface area (TPSA) is 81.7 Å². The maximum absolute atomic E-state index is 11.6. The first-order valence-electron chi connectivity index (χ1n) is 6.89. The molecule has 0 bridgehead atoms. The molecule has 0 unspecified atom stereocenters. The predicted octanol–water partition coefficient (Wildman–Crippen LogP) is 1.21.